The van der Waals surface area contributed by atoms with Crippen LogP contribution >= 0.6 is 0 Å². The highest BCUT2D eigenvalue weighted by Gasteiger charge is 1.81. The maximum absolute atomic E-state index is 9.82. The zero-order chi connectivity index (χ0) is 11.3. The van der Waals surface area contributed by atoms with Crippen LogP contribution in [-0.4, -0.2) is 50.2 Å². The smallest absolute Gasteiger partial charge is 0.302 e. The fourth-order valence-electron chi connectivity index (χ4n) is 0.203. The number of carbonyl (C=O) groups is 2. The molecule has 0 aromatic carbocycles. The Labute approximate surface area is 79.3 Å². The summed E-state index contributed by atoms with van der Waals surface area (Å²) in [6, 6.07) is 0. The molecule has 5 heteroatoms. The SMILES string of the molecule is CCOC(C)=O.CN(C)C=O.CO. The average molecular weight is 193 g/mol. The molecule has 0 unspecified atom stereocenters. The van der Waals surface area contributed by atoms with Gasteiger partial charge in [-0.25, -0.2) is 0 Å². The predicted molar refractivity (Wildman–Crippen MR) is 50.2 cm³/mol. The molecule has 80 valence electrons. The molecule has 0 aliphatic heterocycles. The Morgan fingerprint density at radius 3 is 1.77 bits per heavy atom. The molecular weight excluding hydrogens is 174 g/mol. The highest BCUT2D eigenvalue weighted by Crippen LogP contribution is 1.69. The second-order valence-corrected chi connectivity index (χ2v) is 1.99. The second kappa shape index (κ2) is 17.1. The van der Waals surface area contributed by atoms with Crippen molar-refractivity contribution in [3.05, 3.63) is 0 Å². The first-order chi connectivity index (χ1) is 6.04. The molecule has 5 nitrogen and oxygen atoms in total. The lowest BCUT2D eigenvalue weighted by Crippen LogP contribution is -2.06. The lowest BCUT2D eigenvalue weighted by molar-refractivity contribution is -0.140. The topological polar surface area (TPSA) is 66.8 Å². The normalized spacial score (nSPS) is 6.62. The third-order valence-electron chi connectivity index (χ3n) is 0.558. The molecule has 0 saturated heterocycles. The number of esters is 1. The van der Waals surface area contributed by atoms with Crippen molar-refractivity contribution in [2.24, 2.45) is 0 Å². The van der Waals surface area contributed by atoms with Crippen molar-refractivity contribution in [3.8, 4) is 0 Å². The minimum Gasteiger partial charge on any atom is -0.466 e. The van der Waals surface area contributed by atoms with Crippen molar-refractivity contribution >= 4 is 12.4 Å². The van der Waals surface area contributed by atoms with Crippen molar-refractivity contribution < 1.29 is 19.4 Å². The van der Waals surface area contributed by atoms with E-state index < -0.39 is 0 Å². The van der Waals surface area contributed by atoms with Crippen LogP contribution in [0.3, 0.4) is 0 Å². The summed E-state index contributed by atoms with van der Waals surface area (Å²) in [7, 11) is 4.38. The van der Waals surface area contributed by atoms with Gasteiger partial charge in [-0.1, -0.05) is 0 Å². The third kappa shape index (κ3) is 56.8. The van der Waals surface area contributed by atoms with Crippen molar-refractivity contribution in [1.29, 1.82) is 0 Å². The Kier molecular flexibility index (Phi) is 23.5. The van der Waals surface area contributed by atoms with Crippen LogP contribution in [0.4, 0.5) is 0 Å². The number of nitrogens with zero attached hydrogens (tertiary/aromatic N) is 1. The first kappa shape index (κ1) is 17.8. The van der Waals surface area contributed by atoms with Crippen LogP contribution in [0.5, 0.6) is 0 Å². The van der Waals surface area contributed by atoms with Crippen molar-refractivity contribution in [2.45, 2.75) is 13.8 Å². The summed E-state index contributed by atoms with van der Waals surface area (Å²) in [5, 5.41) is 7.00. The number of aliphatic hydroxyl groups is 1. The van der Waals surface area contributed by atoms with E-state index in [2.05, 4.69) is 4.74 Å². The van der Waals surface area contributed by atoms with Gasteiger partial charge in [0.25, 0.3) is 0 Å². The highest BCUT2D eigenvalue weighted by molar-refractivity contribution is 5.65. The van der Waals surface area contributed by atoms with Crippen LogP contribution in [0.25, 0.3) is 0 Å². The van der Waals surface area contributed by atoms with Gasteiger partial charge in [0, 0.05) is 28.1 Å². The molecule has 0 atom stereocenters. The number of hydrogen-bond acceptors (Lipinski definition) is 4. The van der Waals surface area contributed by atoms with Gasteiger partial charge in [0.15, 0.2) is 0 Å². The van der Waals surface area contributed by atoms with E-state index in [-0.39, 0.29) is 5.97 Å². The molecule has 0 rings (SSSR count). The molecule has 0 bridgehead atoms. The van der Waals surface area contributed by atoms with Gasteiger partial charge in [0.05, 0.1) is 6.61 Å². The third-order valence-corrected chi connectivity index (χ3v) is 0.558. The number of ether oxygens (including phenoxy) is 1. The van der Waals surface area contributed by atoms with E-state index in [0.717, 1.165) is 13.5 Å². The first-order valence-electron chi connectivity index (χ1n) is 3.74. The molecule has 0 heterocycles. The molecule has 0 spiro atoms. The summed E-state index contributed by atoms with van der Waals surface area (Å²) in [5.74, 6) is -0.211. The lowest BCUT2D eigenvalue weighted by atomic mass is 10.8. The molecule has 0 aromatic heterocycles. The van der Waals surface area contributed by atoms with E-state index in [1.165, 1.54) is 11.8 Å². The Bertz CT molecular complexity index is 115. The monoisotopic (exact) mass is 193 g/mol. The summed E-state index contributed by atoms with van der Waals surface area (Å²) in [6.07, 6.45) is 0.750. The van der Waals surface area contributed by atoms with Crippen molar-refractivity contribution in [2.75, 3.05) is 27.8 Å². The Balaban J connectivity index is -0.000000131. The Morgan fingerprint density at radius 2 is 1.77 bits per heavy atom. The highest BCUT2D eigenvalue weighted by atomic mass is 16.5. The maximum Gasteiger partial charge on any atom is 0.302 e. The van der Waals surface area contributed by atoms with Crippen LogP contribution in [0.2, 0.25) is 0 Å². The van der Waals surface area contributed by atoms with E-state index >= 15 is 0 Å². The molecule has 0 fully saturated rings. The molecule has 0 aliphatic rings. The number of carbonyl (C=O) groups excluding carboxylic acids is 2. The van der Waals surface area contributed by atoms with E-state index in [0.29, 0.717) is 6.61 Å². The molecule has 1 amide bonds. The van der Waals surface area contributed by atoms with Gasteiger partial charge in [-0.15, -0.1) is 0 Å². The van der Waals surface area contributed by atoms with E-state index in [9.17, 15) is 9.59 Å². The minimum atomic E-state index is -0.211. The fraction of sp³-hybridized carbons (Fsp3) is 0.750. The summed E-state index contributed by atoms with van der Waals surface area (Å²) in [6.45, 7) is 3.65. The summed E-state index contributed by atoms with van der Waals surface area (Å²) >= 11 is 0. The Hall–Kier alpha value is -1.10. The van der Waals surface area contributed by atoms with Crippen LogP contribution in [-0.2, 0) is 14.3 Å². The van der Waals surface area contributed by atoms with E-state index in [4.69, 9.17) is 5.11 Å². The van der Waals surface area contributed by atoms with Gasteiger partial charge in [0.1, 0.15) is 0 Å². The zero-order valence-electron chi connectivity index (χ0n) is 8.90. The predicted octanol–water partition coefficient (Wildman–Crippen LogP) is -0.118. The number of amides is 1. The molecule has 13 heavy (non-hydrogen) atoms. The molecule has 0 radical (unpaired) electrons. The largest absolute Gasteiger partial charge is 0.466 e. The van der Waals surface area contributed by atoms with Gasteiger partial charge in [-0.3, -0.25) is 9.59 Å². The molecular formula is C8H19NO4. The van der Waals surface area contributed by atoms with Crippen LogP contribution in [0.15, 0.2) is 0 Å². The van der Waals surface area contributed by atoms with E-state index in [1.807, 2.05) is 0 Å². The minimum absolute atomic E-state index is 0.211. The lowest BCUT2D eigenvalue weighted by Gasteiger charge is -1.93. The van der Waals surface area contributed by atoms with Gasteiger partial charge >= 0.3 is 5.97 Å². The molecule has 0 saturated carbocycles. The van der Waals surface area contributed by atoms with Crippen molar-refractivity contribution in [3.63, 3.8) is 0 Å². The summed E-state index contributed by atoms with van der Waals surface area (Å²) in [4.78, 5) is 20.7. The van der Waals surface area contributed by atoms with Crippen LogP contribution in [0.1, 0.15) is 13.8 Å². The Morgan fingerprint density at radius 1 is 1.46 bits per heavy atom. The summed E-state index contributed by atoms with van der Waals surface area (Å²) < 4.78 is 4.40. The maximum atomic E-state index is 9.82. The van der Waals surface area contributed by atoms with Crippen LogP contribution < -0.4 is 0 Å². The number of rotatable bonds is 2. The van der Waals surface area contributed by atoms with E-state index in [1.54, 1.807) is 21.0 Å². The van der Waals surface area contributed by atoms with Gasteiger partial charge in [0.2, 0.25) is 6.41 Å². The zero-order valence-corrected chi connectivity index (χ0v) is 8.90. The summed E-state index contributed by atoms with van der Waals surface area (Å²) in [5.41, 5.74) is 0. The molecule has 0 aromatic rings. The van der Waals surface area contributed by atoms with Gasteiger partial charge in [-0.2, -0.15) is 0 Å². The quantitative estimate of drug-likeness (QED) is 0.490. The van der Waals surface area contributed by atoms with Gasteiger partial charge < -0.3 is 14.7 Å². The molecule has 0 aliphatic carbocycles. The standard InChI is InChI=1S/C4H8O2.C3H7NO.CH4O/c1-3-6-4(2)5;1-4(2)3-5;1-2/h3H2,1-2H3;3H,1-2H3;2H,1H3. The molecule has 1 N–H and O–H groups in total. The fourth-order valence-corrected chi connectivity index (χ4v) is 0.203. The van der Waals surface area contributed by atoms with Crippen LogP contribution in [0, 0.1) is 0 Å². The number of hydrogen-bond donors (Lipinski definition) is 1. The van der Waals surface area contributed by atoms with Gasteiger partial charge in [-0.05, 0) is 6.92 Å². The first-order valence-corrected chi connectivity index (χ1v) is 3.74. The second-order valence-electron chi connectivity index (χ2n) is 1.99. The average Bonchev–Trinajstić information content (AvgIpc) is 2.09. The van der Waals surface area contributed by atoms with Crippen molar-refractivity contribution in [1.82, 2.24) is 4.90 Å². The number of aliphatic hydroxyl groups excluding tert-OH is 1.